The van der Waals surface area contributed by atoms with Crippen molar-refractivity contribution < 1.29 is 27.9 Å². The number of sulfone groups is 1. The molecule has 7 nitrogen and oxygen atoms in total. The number of esters is 1. The van der Waals surface area contributed by atoms with Crippen LogP contribution in [0.5, 0.6) is 5.75 Å². The number of carbonyl (C=O) groups is 2. The molecular weight excluding hydrogens is 322 g/mol. The van der Waals surface area contributed by atoms with Crippen LogP contribution < -0.4 is 5.32 Å². The molecule has 2 rings (SSSR count). The van der Waals surface area contributed by atoms with E-state index in [9.17, 15) is 23.1 Å². The number of carbonyl (C=O) groups excluding carboxylic acids is 2. The van der Waals surface area contributed by atoms with Crippen molar-refractivity contribution in [3.63, 3.8) is 0 Å². The Kier molecular flexibility index (Phi) is 4.93. The van der Waals surface area contributed by atoms with Crippen molar-refractivity contribution >= 4 is 21.7 Å². The van der Waals surface area contributed by atoms with Gasteiger partial charge < -0.3 is 15.2 Å². The number of hydrogen-bond donors (Lipinski definition) is 2. The van der Waals surface area contributed by atoms with Gasteiger partial charge in [0.2, 0.25) is 0 Å². The van der Waals surface area contributed by atoms with Gasteiger partial charge in [-0.3, -0.25) is 4.79 Å². The van der Waals surface area contributed by atoms with Crippen LogP contribution >= 0.6 is 0 Å². The third-order valence-electron chi connectivity index (χ3n) is 3.60. The van der Waals surface area contributed by atoms with Gasteiger partial charge in [0.15, 0.2) is 15.9 Å². The first-order chi connectivity index (χ1) is 10.7. The summed E-state index contributed by atoms with van der Waals surface area (Å²) >= 11 is 0. The molecule has 8 heteroatoms. The topological polar surface area (TPSA) is 110 Å². The molecule has 1 aromatic rings. The molecule has 1 aliphatic heterocycles. The van der Waals surface area contributed by atoms with Crippen LogP contribution in [0.25, 0.3) is 0 Å². The highest BCUT2D eigenvalue weighted by Crippen LogP contribution is 2.20. The Labute approximate surface area is 134 Å². The number of aromatic hydroxyl groups is 1. The fourth-order valence-electron chi connectivity index (χ4n) is 2.32. The van der Waals surface area contributed by atoms with Crippen LogP contribution in [0.4, 0.5) is 0 Å². The number of phenols is 1. The van der Waals surface area contributed by atoms with Crippen LogP contribution in [0.15, 0.2) is 18.2 Å². The van der Waals surface area contributed by atoms with Crippen LogP contribution in [-0.4, -0.2) is 49.1 Å². The van der Waals surface area contributed by atoms with Crippen molar-refractivity contribution in [1.82, 2.24) is 5.32 Å². The summed E-state index contributed by atoms with van der Waals surface area (Å²) in [6.45, 7) is 3.15. The highest BCUT2D eigenvalue weighted by atomic mass is 32.2. The summed E-state index contributed by atoms with van der Waals surface area (Å²) in [5.41, 5.74) is 0.746. The van der Waals surface area contributed by atoms with Gasteiger partial charge in [-0.1, -0.05) is 11.6 Å². The number of rotatable bonds is 4. The molecule has 23 heavy (non-hydrogen) atoms. The second kappa shape index (κ2) is 6.57. The van der Waals surface area contributed by atoms with Crippen molar-refractivity contribution in [3.05, 3.63) is 29.3 Å². The first-order valence-corrected chi connectivity index (χ1v) is 9.01. The van der Waals surface area contributed by atoms with E-state index < -0.39 is 33.9 Å². The van der Waals surface area contributed by atoms with Crippen molar-refractivity contribution in [1.29, 1.82) is 0 Å². The van der Waals surface area contributed by atoms with E-state index in [1.807, 2.05) is 0 Å². The summed E-state index contributed by atoms with van der Waals surface area (Å²) in [7, 11) is -3.10. The first kappa shape index (κ1) is 17.3. The molecule has 1 amide bonds. The standard InChI is InChI=1S/C15H19NO6S/c1-9-3-4-13(17)12(7-9)15(19)22-10(2)14(18)16-11-5-6-23(20,21)8-11/h3-4,7,10-11,17H,5-6,8H2,1-2H3,(H,16,18)/t10-,11-/m1/s1. The number of hydrogen-bond acceptors (Lipinski definition) is 6. The van der Waals surface area contributed by atoms with Gasteiger partial charge in [0.05, 0.1) is 11.5 Å². The number of benzene rings is 1. The molecule has 0 spiro atoms. The smallest absolute Gasteiger partial charge is 0.342 e. The Hall–Kier alpha value is -2.09. The third kappa shape index (κ3) is 4.44. The van der Waals surface area contributed by atoms with Gasteiger partial charge in [-0.25, -0.2) is 13.2 Å². The van der Waals surface area contributed by atoms with E-state index in [1.54, 1.807) is 13.0 Å². The van der Waals surface area contributed by atoms with Gasteiger partial charge in [0, 0.05) is 6.04 Å². The average molecular weight is 341 g/mol. The van der Waals surface area contributed by atoms with E-state index in [1.165, 1.54) is 19.1 Å². The summed E-state index contributed by atoms with van der Waals surface area (Å²) in [4.78, 5) is 24.0. The van der Waals surface area contributed by atoms with E-state index >= 15 is 0 Å². The summed E-state index contributed by atoms with van der Waals surface area (Å²) in [5.74, 6) is -1.66. The lowest BCUT2D eigenvalue weighted by Gasteiger charge is -2.17. The molecule has 0 radical (unpaired) electrons. The van der Waals surface area contributed by atoms with Gasteiger partial charge in [-0.05, 0) is 32.4 Å². The lowest BCUT2D eigenvalue weighted by molar-refractivity contribution is -0.129. The second-order valence-corrected chi connectivity index (χ2v) is 7.91. The number of nitrogens with one attached hydrogen (secondary N) is 1. The lowest BCUT2D eigenvalue weighted by Crippen LogP contribution is -2.42. The van der Waals surface area contributed by atoms with Gasteiger partial charge in [0.1, 0.15) is 11.3 Å². The lowest BCUT2D eigenvalue weighted by atomic mass is 10.1. The zero-order valence-electron chi connectivity index (χ0n) is 12.9. The highest BCUT2D eigenvalue weighted by Gasteiger charge is 2.31. The Morgan fingerprint density at radius 1 is 1.39 bits per heavy atom. The third-order valence-corrected chi connectivity index (χ3v) is 5.37. The fourth-order valence-corrected chi connectivity index (χ4v) is 3.99. The normalized spacial score (nSPS) is 20.7. The Balaban J connectivity index is 1.95. The van der Waals surface area contributed by atoms with Gasteiger partial charge in [-0.2, -0.15) is 0 Å². The fraction of sp³-hybridized carbons (Fsp3) is 0.467. The predicted octanol–water partition coefficient (Wildman–Crippen LogP) is 0.549. The number of ether oxygens (including phenoxy) is 1. The van der Waals surface area contributed by atoms with Crippen molar-refractivity contribution in [2.45, 2.75) is 32.4 Å². The number of aryl methyl sites for hydroxylation is 1. The van der Waals surface area contributed by atoms with Crippen LogP contribution in [0.2, 0.25) is 0 Å². The van der Waals surface area contributed by atoms with Crippen LogP contribution in [0, 0.1) is 6.92 Å². The van der Waals surface area contributed by atoms with Crippen molar-refractivity contribution in [2.24, 2.45) is 0 Å². The number of amides is 1. The van der Waals surface area contributed by atoms with E-state index in [2.05, 4.69) is 5.32 Å². The molecule has 0 bridgehead atoms. The molecule has 1 heterocycles. The minimum atomic E-state index is -3.10. The summed E-state index contributed by atoms with van der Waals surface area (Å²) in [6.07, 6.45) is -0.737. The molecule has 2 N–H and O–H groups in total. The Bertz CT molecular complexity index is 727. The van der Waals surface area contributed by atoms with Gasteiger partial charge >= 0.3 is 5.97 Å². The highest BCUT2D eigenvalue weighted by molar-refractivity contribution is 7.91. The molecule has 1 saturated heterocycles. The maximum atomic E-state index is 12.0. The van der Waals surface area contributed by atoms with E-state index in [0.29, 0.717) is 6.42 Å². The van der Waals surface area contributed by atoms with Crippen molar-refractivity contribution in [3.8, 4) is 5.75 Å². The van der Waals surface area contributed by atoms with E-state index in [-0.39, 0.29) is 22.8 Å². The van der Waals surface area contributed by atoms with E-state index in [0.717, 1.165) is 5.56 Å². The zero-order valence-corrected chi connectivity index (χ0v) is 13.7. The molecular formula is C15H19NO6S. The molecule has 1 fully saturated rings. The Morgan fingerprint density at radius 2 is 2.09 bits per heavy atom. The minimum absolute atomic E-state index is 0.0203. The maximum Gasteiger partial charge on any atom is 0.342 e. The largest absolute Gasteiger partial charge is 0.507 e. The number of phenolic OH excluding ortho intramolecular Hbond substituents is 1. The molecule has 0 saturated carbocycles. The predicted molar refractivity (Wildman–Crippen MR) is 82.9 cm³/mol. The SMILES string of the molecule is Cc1ccc(O)c(C(=O)O[C@H](C)C(=O)N[C@@H]2CCS(=O)(=O)C2)c1. The molecule has 1 aliphatic rings. The Morgan fingerprint density at radius 3 is 2.70 bits per heavy atom. The molecule has 126 valence electrons. The molecule has 0 unspecified atom stereocenters. The molecule has 0 aromatic heterocycles. The van der Waals surface area contributed by atoms with E-state index in [4.69, 9.17) is 4.74 Å². The molecule has 0 aliphatic carbocycles. The monoisotopic (exact) mass is 341 g/mol. The quantitative estimate of drug-likeness (QED) is 0.774. The summed E-state index contributed by atoms with van der Waals surface area (Å²) in [6, 6.07) is 4.02. The van der Waals surface area contributed by atoms with Crippen LogP contribution in [-0.2, 0) is 19.4 Å². The average Bonchev–Trinajstić information content (AvgIpc) is 2.80. The maximum absolute atomic E-state index is 12.0. The first-order valence-electron chi connectivity index (χ1n) is 7.19. The van der Waals surface area contributed by atoms with Gasteiger partial charge in [0.25, 0.3) is 5.91 Å². The zero-order chi connectivity index (χ0) is 17.2. The second-order valence-electron chi connectivity index (χ2n) is 5.68. The molecule has 2 atom stereocenters. The van der Waals surface area contributed by atoms with Gasteiger partial charge in [-0.15, -0.1) is 0 Å². The van der Waals surface area contributed by atoms with Crippen LogP contribution in [0.3, 0.4) is 0 Å². The van der Waals surface area contributed by atoms with Crippen LogP contribution in [0.1, 0.15) is 29.3 Å². The summed E-state index contributed by atoms with van der Waals surface area (Å²) < 4.78 is 27.8. The minimum Gasteiger partial charge on any atom is -0.507 e. The molecule has 1 aromatic carbocycles. The van der Waals surface area contributed by atoms with Crippen molar-refractivity contribution in [2.75, 3.05) is 11.5 Å². The summed E-state index contributed by atoms with van der Waals surface area (Å²) in [5, 5.41) is 12.2.